The molecule has 1 aromatic heterocycles. The first kappa shape index (κ1) is 21.7. The molecular weight excluding hydrogens is 396 g/mol. The maximum atomic E-state index is 12.2. The fourth-order valence-corrected chi connectivity index (χ4v) is 2.72. The molecule has 0 aliphatic heterocycles. The van der Waals surface area contributed by atoms with Crippen LogP contribution in [0.2, 0.25) is 0 Å². The molecule has 0 atom stereocenters. The maximum Gasteiger partial charge on any atom is 0.248 e. The minimum Gasteiger partial charge on any atom is -0.497 e. The number of hydrogen-bond acceptors (Lipinski definition) is 6. The number of nitrogens with zero attached hydrogens (tertiary/aromatic N) is 1. The Morgan fingerprint density at radius 2 is 1.84 bits per heavy atom. The van der Waals surface area contributed by atoms with Gasteiger partial charge in [0.05, 0.1) is 32.7 Å². The van der Waals surface area contributed by atoms with Crippen molar-refractivity contribution in [3.05, 3.63) is 72.4 Å². The highest BCUT2D eigenvalue weighted by Gasteiger charge is 2.05. The molecule has 0 spiro atoms. The lowest BCUT2D eigenvalue weighted by Gasteiger charge is -2.09. The lowest BCUT2D eigenvalue weighted by Crippen LogP contribution is -2.08. The number of pyridine rings is 1. The van der Waals surface area contributed by atoms with Gasteiger partial charge in [0.25, 0.3) is 0 Å². The van der Waals surface area contributed by atoms with E-state index in [1.165, 1.54) is 12.3 Å². The molecule has 1 heterocycles. The molecule has 0 aliphatic rings. The van der Waals surface area contributed by atoms with Crippen LogP contribution < -0.4 is 24.3 Å². The van der Waals surface area contributed by atoms with E-state index in [-0.39, 0.29) is 5.91 Å². The Morgan fingerprint density at radius 1 is 1.00 bits per heavy atom. The summed E-state index contributed by atoms with van der Waals surface area (Å²) in [6, 6.07) is 16.1. The van der Waals surface area contributed by atoms with Gasteiger partial charge in [0.1, 0.15) is 11.5 Å². The molecule has 3 rings (SSSR count). The Balaban J connectivity index is 1.59. The second-order valence-corrected chi connectivity index (χ2v) is 6.33. The molecule has 2 aromatic carbocycles. The van der Waals surface area contributed by atoms with Gasteiger partial charge in [-0.3, -0.25) is 4.79 Å². The van der Waals surface area contributed by atoms with Gasteiger partial charge in [-0.25, -0.2) is 4.98 Å². The van der Waals surface area contributed by atoms with Crippen LogP contribution >= 0.6 is 0 Å². The van der Waals surface area contributed by atoms with Gasteiger partial charge in [0.15, 0.2) is 11.5 Å². The number of rotatable bonds is 9. The van der Waals surface area contributed by atoms with Gasteiger partial charge in [0.2, 0.25) is 11.8 Å². The van der Waals surface area contributed by atoms with E-state index in [0.29, 0.717) is 41.2 Å². The normalized spacial score (nSPS) is 10.5. The van der Waals surface area contributed by atoms with Crippen LogP contribution in [-0.2, 0) is 4.79 Å². The third kappa shape index (κ3) is 6.24. The standard InChI is InChI=1S/C24H24N2O5/c1-4-30-22-14-17(8-11-21(22)29-3)9-12-23(27)26-18-10-13-24(25-16-18)31-20-7-5-6-19(15-20)28-2/h5-16H,4H2,1-3H3,(H,26,27)/b12-9+. The van der Waals surface area contributed by atoms with E-state index in [2.05, 4.69) is 10.3 Å². The molecule has 0 fully saturated rings. The van der Waals surface area contributed by atoms with E-state index < -0.39 is 0 Å². The van der Waals surface area contributed by atoms with Crippen LogP contribution in [0.1, 0.15) is 12.5 Å². The quantitative estimate of drug-likeness (QED) is 0.494. The Kier molecular flexibility index (Phi) is 7.48. The Labute approximate surface area is 181 Å². The number of carbonyl (C=O) groups is 1. The van der Waals surface area contributed by atoms with Crippen LogP contribution in [0, 0.1) is 0 Å². The highest BCUT2D eigenvalue weighted by Crippen LogP contribution is 2.28. The van der Waals surface area contributed by atoms with E-state index in [4.69, 9.17) is 18.9 Å². The van der Waals surface area contributed by atoms with E-state index >= 15 is 0 Å². The minimum atomic E-state index is -0.281. The first-order valence-electron chi connectivity index (χ1n) is 9.69. The molecule has 1 N–H and O–H groups in total. The van der Waals surface area contributed by atoms with Crippen molar-refractivity contribution < 1.29 is 23.7 Å². The first-order chi connectivity index (χ1) is 15.1. The molecule has 160 valence electrons. The lowest BCUT2D eigenvalue weighted by atomic mass is 10.2. The smallest absolute Gasteiger partial charge is 0.248 e. The monoisotopic (exact) mass is 420 g/mol. The first-order valence-corrected chi connectivity index (χ1v) is 9.69. The second-order valence-electron chi connectivity index (χ2n) is 6.33. The average Bonchev–Trinajstić information content (AvgIpc) is 2.79. The van der Waals surface area contributed by atoms with Crippen LogP contribution in [0.3, 0.4) is 0 Å². The summed E-state index contributed by atoms with van der Waals surface area (Å²) < 4.78 is 21.7. The molecule has 0 saturated heterocycles. The summed E-state index contributed by atoms with van der Waals surface area (Å²) in [6.45, 7) is 2.42. The van der Waals surface area contributed by atoms with Crippen molar-refractivity contribution in [2.45, 2.75) is 6.92 Å². The minimum absolute atomic E-state index is 0.281. The number of methoxy groups -OCH3 is 2. The Hall–Kier alpha value is -4.00. The molecule has 7 heteroatoms. The van der Waals surface area contributed by atoms with Gasteiger partial charge in [-0.15, -0.1) is 0 Å². The molecule has 0 radical (unpaired) electrons. The number of aromatic nitrogens is 1. The average molecular weight is 420 g/mol. The number of benzene rings is 2. The molecule has 0 saturated carbocycles. The largest absolute Gasteiger partial charge is 0.497 e. The third-order valence-corrected chi connectivity index (χ3v) is 4.18. The molecule has 31 heavy (non-hydrogen) atoms. The maximum absolute atomic E-state index is 12.2. The lowest BCUT2D eigenvalue weighted by molar-refractivity contribution is -0.111. The molecule has 0 bridgehead atoms. The van der Waals surface area contributed by atoms with Crippen LogP contribution in [0.4, 0.5) is 5.69 Å². The van der Waals surface area contributed by atoms with Gasteiger partial charge in [-0.2, -0.15) is 0 Å². The predicted octanol–water partition coefficient (Wildman–Crippen LogP) is 4.94. The highest BCUT2D eigenvalue weighted by molar-refractivity contribution is 6.01. The van der Waals surface area contributed by atoms with E-state index in [9.17, 15) is 4.79 Å². The number of amides is 1. The summed E-state index contributed by atoms with van der Waals surface area (Å²) in [5, 5.41) is 2.76. The third-order valence-electron chi connectivity index (χ3n) is 4.18. The van der Waals surface area contributed by atoms with Crippen LogP contribution in [-0.4, -0.2) is 31.7 Å². The van der Waals surface area contributed by atoms with E-state index in [1.807, 2.05) is 31.2 Å². The Morgan fingerprint density at radius 3 is 2.55 bits per heavy atom. The topological polar surface area (TPSA) is 78.9 Å². The fourth-order valence-electron chi connectivity index (χ4n) is 2.72. The molecule has 0 unspecified atom stereocenters. The number of ether oxygens (including phenoxy) is 4. The number of nitrogens with one attached hydrogen (secondary N) is 1. The van der Waals surface area contributed by atoms with Gasteiger partial charge >= 0.3 is 0 Å². The fraction of sp³-hybridized carbons (Fsp3) is 0.167. The summed E-state index contributed by atoms with van der Waals surface area (Å²) in [4.78, 5) is 16.5. The number of carbonyl (C=O) groups excluding carboxylic acids is 1. The number of hydrogen-bond donors (Lipinski definition) is 1. The zero-order chi connectivity index (χ0) is 22.1. The molecule has 1 amide bonds. The summed E-state index contributed by atoms with van der Waals surface area (Å²) in [7, 11) is 3.18. The van der Waals surface area contributed by atoms with Crippen molar-refractivity contribution in [3.63, 3.8) is 0 Å². The number of anilines is 1. The van der Waals surface area contributed by atoms with Crippen molar-refractivity contribution in [1.82, 2.24) is 4.98 Å². The highest BCUT2D eigenvalue weighted by atomic mass is 16.5. The van der Waals surface area contributed by atoms with E-state index in [1.54, 1.807) is 50.6 Å². The predicted molar refractivity (Wildman–Crippen MR) is 119 cm³/mol. The summed E-state index contributed by atoms with van der Waals surface area (Å²) in [5.41, 5.74) is 1.37. The Bertz CT molecular complexity index is 1050. The van der Waals surface area contributed by atoms with E-state index in [0.717, 1.165) is 5.56 Å². The van der Waals surface area contributed by atoms with Gasteiger partial charge < -0.3 is 24.3 Å². The van der Waals surface area contributed by atoms with Crippen molar-refractivity contribution in [1.29, 1.82) is 0 Å². The zero-order valence-electron chi connectivity index (χ0n) is 17.6. The summed E-state index contributed by atoms with van der Waals surface area (Å²) in [5.74, 6) is 2.70. The van der Waals surface area contributed by atoms with Crippen LogP contribution in [0.15, 0.2) is 66.9 Å². The second kappa shape index (κ2) is 10.7. The SMILES string of the molecule is CCOc1cc(/C=C/C(=O)Nc2ccc(Oc3cccc(OC)c3)nc2)ccc1OC. The van der Waals surface area contributed by atoms with Crippen molar-refractivity contribution in [2.75, 3.05) is 26.1 Å². The van der Waals surface area contributed by atoms with Gasteiger partial charge in [-0.05, 0) is 48.9 Å². The summed E-state index contributed by atoms with van der Waals surface area (Å²) >= 11 is 0. The van der Waals surface area contributed by atoms with Crippen molar-refractivity contribution >= 4 is 17.7 Å². The van der Waals surface area contributed by atoms with Crippen LogP contribution in [0.25, 0.3) is 6.08 Å². The van der Waals surface area contributed by atoms with Crippen LogP contribution in [0.5, 0.6) is 28.9 Å². The molecule has 0 aliphatic carbocycles. The van der Waals surface area contributed by atoms with Crippen molar-refractivity contribution in [3.8, 4) is 28.9 Å². The van der Waals surface area contributed by atoms with Gasteiger partial charge in [-0.1, -0.05) is 12.1 Å². The van der Waals surface area contributed by atoms with Crippen molar-refractivity contribution in [2.24, 2.45) is 0 Å². The molecule has 3 aromatic rings. The zero-order valence-corrected chi connectivity index (χ0v) is 17.6. The molecule has 7 nitrogen and oxygen atoms in total. The summed E-state index contributed by atoms with van der Waals surface area (Å²) in [6.07, 6.45) is 4.67. The van der Waals surface area contributed by atoms with Gasteiger partial charge in [0, 0.05) is 18.2 Å². The molecular formula is C24H24N2O5.